The molecule has 0 aliphatic carbocycles. The molecule has 0 heterocycles. The van der Waals surface area contributed by atoms with E-state index < -0.39 is 30.1 Å². The molecule has 0 fully saturated rings. The first-order chi connectivity index (χ1) is 7.40. The van der Waals surface area contributed by atoms with Gasteiger partial charge in [-0.1, -0.05) is 0 Å². The molecule has 0 aliphatic rings. The zero-order chi connectivity index (χ0) is 12.7. The fourth-order valence-corrected chi connectivity index (χ4v) is 0.995. The highest BCUT2D eigenvalue weighted by molar-refractivity contribution is 5.87. The quantitative estimate of drug-likeness (QED) is 0.407. The minimum absolute atomic E-state index is 0.000995. The third-order valence-electron chi connectivity index (χ3n) is 1.94. The van der Waals surface area contributed by atoms with Crippen molar-refractivity contribution in [2.24, 2.45) is 5.73 Å². The highest BCUT2D eigenvalue weighted by Gasteiger charge is 2.26. The number of nitrogens with one attached hydrogen (secondary N) is 1. The van der Waals surface area contributed by atoms with Crippen molar-refractivity contribution >= 4 is 18.2 Å². The average molecular weight is 231 g/mol. The summed E-state index contributed by atoms with van der Waals surface area (Å²) in [5.41, 5.74) is 5.39. The Morgan fingerprint density at radius 1 is 1.50 bits per heavy atom. The van der Waals surface area contributed by atoms with Gasteiger partial charge < -0.3 is 21.3 Å². The van der Waals surface area contributed by atoms with Crippen LogP contribution in [0.5, 0.6) is 0 Å². The van der Waals surface area contributed by atoms with Crippen molar-refractivity contribution in [3.63, 3.8) is 0 Å². The number of amides is 1. The number of carbonyl (C=O) groups is 2. The molecule has 0 unspecified atom stereocenters. The number of carboxylic acid groups (broad SMARTS) is 1. The summed E-state index contributed by atoms with van der Waals surface area (Å²) in [4.78, 5) is 31.9. The monoisotopic (exact) mass is 231 g/mol. The summed E-state index contributed by atoms with van der Waals surface area (Å²) in [5.74, 6) is -2.07. The Bertz CT molecular complexity index is 267. The Morgan fingerprint density at radius 3 is 2.44 bits per heavy atom. The molecule has 0 saturated heterocycles. The van der Waals surface area contributed by atoms with E-state index in [2.05, 4.69) is 5.32 Å². The predicted molar refractivity (Wildman–Crippen MR) is 54.2 cm³/mol. The van der Waals surface area contributed by atoms with Crippen LogP contribution in [0.3, 0.4) is 0 Å². The van der Waals surface area contributed by atoms with Crippen LogP contribution in [0.4, 0.5) is 0 Å². The normalized spacial score (nSPS) is 15.9. The lowest BCUT2D eigenvalue weighted by Crippen LogP contribution is -2.52. The first-order valence-corrected chi connectivity index (χ1v) is 4.72. The largest absolute Gasteiger partial charge is 0.480 e. The van der Waals surface area contributed by atoms with Gasteiger partial charge in [-0.25, -0.2) is 4.79 Å². The Hall–Kier alpha value is -1.47. The van der Waals surface area contributed by atoms with E-state index in [4.69, 9.17) is 15.9 Å². The topological polar surface area (TPSA) is 130 Å². The van der Waals surface area contributed by atoms with Crippen molar-refractivity contribution in [1.29, 1.82) is 0 Å². The van der Waals surface area contributed by atoms with Crippen molar-refractivity contribution in [3.05, 3.63) is 0 Å². The van der Waals surface area contributed by atoms with Gasteiger partial charge >= 0.3 is 5.97 Å². The third kappa shape index (κ3) is 4.85. The highest BCUT2D eigenvalue weighted by atomic mass is 16.4. The van der Waals surface area contributed by atoms with Gasteiger partial charge in [0, 0.05) is 6.42 Å². The summed E-state index contributed by atoms with van der Waals surface area (Å²) >= 11 is 0. The number of aliphatic carboxylic acids is 1. The summed E-state index contributed by atoms with van der Waals surface area (Å²) < 4.78 is 0. The van der Waals surface area contributed by atoms with E-state index in [1.807, 2.05) is 0 Å². The molecule has 1 radical (unpaired) electrons. The number of hydrogen-bond acceptors (Lipinski definition) is 5. The van der Waals surface area contributed by atoms with E-state index in [-0.39, 0.29) is 12.8 Å². The van der Waals surface area contributed by atoms with Crippen LogP contribution >= 0.6 is 0 Å². The molecule has 5 N–H and O–H groups in total. The van der Waals surface area contributed by atoms with Gasteiger partial charge in [-0.05, 0) is 13.3 Å². The van der Waals surface area contributed by atoms with Gasteiger partial charge in [-0.15, -0.1) is 0 Å². The number of carboxylic acids is 1. The number of hydrogen-bond donors (Lipinski definition) is 4. The number of aliphatic hydroxyl groups is 1. The van der Waals surface area contributed by atoms with Crippen molar-refractivity contribution < 1.29 is 24.6 Å². The van der Waals surface area contributed by atoms with Gasteiger partial charge in [0.1, 0.15) is 0 Å². The van der Waals surface area contributed by atoms with E-state index >= 15 is 0 Å². The molecule has 0 spiro atoms. The van der Waals surface area contributed by atoms with Gasteiger partial charge in [0.05, 0.1) is 12.1 Å². The van der Waals surface area contributed by atoms with Crippen molar-refractivity contribution in [2.45, 2.75) is 38.0 Å². The zero-order valence-electron chi connectivity index (χ0n) is 8.84. The number of aliphatic hydroxyl groups excluding tert-OH is 1. The Morgan fingerprint density at radius 2 is 2.06 bits per heavy atom. The first kappa shape index (κ1) is 14.5. The molecular formula is C9H15N2O5. The van der Waals surface area contributed by atoms with Crippen LogP contribution in [0.1, 0.15) is 19.8 Å². The Kier molecular flexibility index (Phi) is 6.28. The molecule has 0 aromatic rings. The van der Waals surface area contributed by atoms with Gasteiger partial charge in [0.25, 0.3) is 0 Å². The summed E-state index contributed by atoms with van der Waals surface area (Å²) in [6.45, 7) is 1.24. The second kappa shape index (κ2) is 6.91. The molecule has 0 saturated carbocycles. The first-order valence-electron chi connectivity index (χ1n) is 4.72. The summed E-state index contributed by atoms with van der Waals surface area (Å²) in [5, 5.41) is 19.8. The van der Waals surface area contributed by atoms with Crippen LogP contribution in [0.2, 0.25) is 0 Å². The highest BCUT2D eigenvalue weighted by Crippen LogP contribution is 1.97. The summed E-state index contributed by atoms with van der Waals surface area (Å²) in [6, 6.07) is -2.39. The second-order valence-electron chi connectivity index (χ2n) is 3.35. The maximum absolute atomic E-state index is 11.3. The lowest BCUT2D eigenvalue weighted by Gasteiger charge is -2.19. The molecule has 3 atom stereocenters. The maximum atomic E-state index is 11.3. The Balaban J connectivity index is 4.28. The molecular weight excluding hydrogens is 216 g/mol. The smallest absolute Gasteiger partial charge is 0.328 e. The van der Waals surface area contributed by atoms with Crippen LogP contribution in [0.25, 0.3) is 0 Å². The van der Waals surface area contributed by atoms with Crippen LogP contribution < -0.4 is 11.1 Å². The minimum Gasteiger partial charge on any atom is -0.480 e. The van der Waals surface area contributed by atoms with E-state index in [9.17, 15) is 14.4 Å². The molecule has 0 aliphatic heterocycles. The fourth-order valence-electron chi connectivity index (χ4n) is 0.995. The van der Waals surface area contributed by atoms with Gasteiger partial charge in [-0.2, -0.15) is 0 Å². The molecule has 0 rings (SSSR count). The molecule has 7 nitrogen and oxygen atoms in total. The van der Waals surface area contributed by atoms with Crippen LogP contribution in [0, 0.1) is 0 Å². The summed E-state index contributed by atoms with van der Waals surface area (Å²) in [7, 11) is 0. The molecule has 91 valence electrons. The maximum Gasteiger partial charge on any atom is 0.328 e. The molecule has 7 heteroatoms. The van der Waals surface area contributed by atoms with Crippen molar-refractivity contribution in [1.82, 2.24) is 5.32 Å². The van der Waals surface area contributed by atoms with Crippen molar-refractivity contribution in [3.8, 4) is 0 Å². The SMILES string of the molecule is C[C@@H](O)[C@H](NC(=O)[C@@H](N)CC[C]=O)C(=O)O. The standard InChI is InChI=1S/C9H15N2O5/c1-5(13)7(9(15)16)11-8(14)6(10)3-2-4-12/h5-7,13H,2-3,10H2,1H3,(H,11,14)(H,15,16)/t5-,6+,7+/m1/s1. The van der Waals surface area contributed by atoms with Crippen LogP contribution in [0.15, 0.2) is 0 Å². The zero-order valence-corrected chi connectivity index (χ0v) is 8.84. The summed E-state index contributed by atoms with van der Waals surface area (Å²) in [6.07, 6.45) is 0.432. The predicted octanol–water partition coefficient (Wildman–Crippen LogP) is -1.85. The van der Waals surface area contributed by atoms with E-state index in [0.717, 1.165) is 0 Å². The van der Waals surface area contributed by atoms with Gasteiger partial charge in [0.2, 0.25) is 5.91 Å². The lowest BCUT2D eigenvalue weighted by molar-refractivity contribution is -0.145. The van der Waals surface area contributed by atoms with Gasteiger partial charge in [-0.3, -0.25) is 9.59 Å². The van der Waals surface area contributed by atoms with Gasteiger partial charge in [0.15, 0.2) is 12.3 Å². The van der Waals surface area contributed by atoms with Crippen molar-refractivity contribution in [2.75, 3.05) is 0 Å². The minimum atomic E-state index is -1.40. The third-order valence-corrected chi connectivity index (χ3v) is 1.94. The Labute approximate surface area is 92.6 Å². The fraction of sp³-hybridized carbons (Fsp3) is 0.667. The van der Waals surface area contributed by atoms with Crippen LogP contribution in [-0.4, -0.2) is 46.6 Å². The molecule has 0 bridgehead atoms. The second-order valence-corrected chi connectivity index (χ2v) is 3.35. The van der Waals surface area contributed by atoms with E-state index in [1.54, 1.807) is 6.29 Å². The molecule has 16 heavy (non-hydrogen) atoms. The number of carbonyl (C=O) groups excluding carboxylic acids is 2. The number of rotatable bonds is 7. The molecule has 0 aromatic heterocycles. The number of nitrogens with two attached hydrogens (primary N) is 1. The van der Waals surface area contributed by atoms with E-state index in [1.165, 1.54) is 6.92 Å². The molecule has 0 aromatic carbocycles. The average Bonchev–Trinajstić information content (AvgIpc) is 2.20. The lowest BCUT2D eigenvalue weighted by atomic mass is 10.1. The van der Waals surface area contributed by atoms with E-state index in [0.29, 0.717) is 0 Å². The van der Waals surface area contributed by atoms with Crippen LogP contribution in [-0.2, 0) is 14.4 Å². The molecule has 1 amide bonds.